The molecule has 2 N–H and O–H groups in total. The zero-order chi connectivity index (χ0) is 10.6. The van der Waals surface area contributed by atoms with E-state index in [4.69, 9.17) is 33.6 Å². The molecule has 0 aliphatic heterocycles. The van der Waals surface area contributed by atoms with E-state index in [0.717, 1.165) is 6.21 Å². The van der Waals surface area contributed by atoms with Gasteiger partial charge in [0.2, 0.25) is 0 Å². The van der Waals surface area contributed by atoms with Crippen LogP contribution in [0.15, 0.2) is 28.5 Å². The fourth-order valence-electron chi connectivity index (χ4n) is 0.901. The van der Waals surface area contributed by atoms with E-state index in [1.54, 1.807) is 12.1 Å². The molecule has 0 aromatic heterocycles. The fourth-order valence-corrected chi connectivity index (χ4v) is 1.41. The van der Waals surface area contributed by atoms with E-state index in [-0.39, 0.29) is 5.71 Å². The molecule has 1 aromatic rings. The van der Waals surface area contributed by atoms with Crippen LogP contribution >= 0.6 is 23.2 Å². The topological polar surface area (TPSA) is 65.2 Å². The SMILES string of the molecule is O/N=C/C(=N/O)c1ccc(Cl)cc1Cl. The second-order valence-corrected chi connectivity index (χ2v) is 3.20. The largest absolute Gasteiger partial charge is 0.411 e. The van der Waals surface area contributed by atoms with Crippen LogP contribution < -0.4 is 0 Å². The Kier molecular flexibility index (Phi) is 3.73. The van der Waals surface area contributed by atoms with E-state index in [1.165, 1.54) is 6.07 Å². The molecule has 1 rings (SSSR count). The number of oxime groups is 2. The zero-order valence-corrected chi connectivity index (χ0v) is 8.37. The second-order valence-electron chi connectivity index (χ2n) is 2.35. The number of rotatable bonds is 2. The average Bonchev–Trinajstić information content (AvgIpc) is 2.15. The van der Waals surface area contributed by atoms with Gasteiger partial charge in [0.25, 0.3) is 0 Å². The smallest absolute Gasteiger partial charge is 0.132 e. The quantitative estimate of drug-likeness (QED) is 0.468. The lowest BCUT2D eigenvalue weighted by molar-refractivity contribution is 0.316. The van der Waals surface area contributed by atoms with Crippen LogP contribution in [0.25, 0.3) is 0 Å². The molecule has 0 atom stereocenters. The van der Waals surface area contributed by atoms with Crippen LogP contribution in [-0.4, -0.2) is 22.3 Å². The third-order valence-corrected chi connectivity index (χ3v) is 2.04. The molecule has 0 saturated carbocycles. The Morgan fingerprint density at radius 2 is 2.00 bits per heavy atom. The van der Waals surface area contributed by atoms with Crippen molar-refractivity contribution in [2.24, 2.45) is 10.3 Å². The van der Waals surface area contributed by atoms with E-state index in [9.17, 15) is 0 Å². The van der Waals surface area contributed by atoms with Gasteiger partial charge < -0.3 is 10.4 Å². The lowest BCUT2D eigenvalue weighted by Gasteiger charge is -2.01. The van der Waals surface area contributed by atoms with Crippen LogP contribution in [0.2, 0.25) is 10.0 Å². The van der Waals surface area contributed by atoms with Gasteiger partial charge in [-0.15, -0.1) is 0 Å². The molecule has 0 amide bonds. The average molecular weight is 233 g/mol. The van der Waals surface area contributed by atoms with Crippen molar-refractivity contribution in [3.63, 3.8) is 0 Å². The number of hydrogen-bond acceptors (Lipinski definition) is 4. The minimum atomic E-state index is 0.0502. The van der Waals surface area contributed by atoms with Crippen LogP contribution in [0.1, 0.15) is 5.56 Å². The Labute approximate surface area is 90.1 Å². The maximum atomic E-state index is 8.60. The third kappa shape index (κ3) is 2.37. The van der Waals surface area contributed by atoms with Crippen molar-refractivity contribution in [3.8, 4) is 0 Å². The summed E-state index contributed by atoms with van der Waals surface area (Å²) in [5.41, 5.74) is 0.477. The Morgan fingerprint density at radius 1 is 1.29 bits per heavy atom. The molecule has 1 aromatic carbocycles. The van der Waals surface area contributed by atoms with Gasteiger partial charge in [-0.25, -0.2) is 0 Å². The summed E-state index contributed by atoms with van der Waals surface area (Å²) < 4.78 is 0. The fraction of sp³-hybridized carbons (Fsp3) is 0. The Morgan fingerprint density at radius 3 is 2.50 bits per heavy atom. The minimum Gasteiger partial charge on any atom is -0.411 e. The van der Waals surface area contributed by atoms with Crippen molar-refractivity contribution >= 4 is 35.1 Å². The van der Waals surface area contributed by atoms with Crippen LogP contribution in [0, 0.1) is 0 Å². The molecule has 6 heteroatoms. The lowest BCUT2D eigenvalue weighted by atomic mass is 10.1. The molecule has 0 aliphatic rings. The van der Waals surface area contributed by atoms with Crippen molar-refractivity contribution in [1.82, 2.24) is 0 Å². The van der Waals surface area contributed by atoms with Gasteiger partial charge in [0, 0.05) is 10.6 Å². The first-order chi connectivity index (χ1) is 6.69. The van der Waals surface area contributed by atoms with Crippen LogP contribution in [-0.2, 0) is 0 Å². The van der Waals surface area contributed by atoms with Gasteiger partial charge in [0.1, 0.15) is 5.71 Å². The molecule has 74 valence electrons. The predicted octanol–water partition coefficient (Wildman–Crippen LogP) is 2.63. The van der Waals surface area contributed by atoms with Gasteiger partial charge in [-0.1, -0.05) is 33.5 Å². The number of benzene rings is 1. The normalized spacial score (nSPS) is 12.3. The van der Waals surface area contributed by atoms with Crippen molar-refractivity contribution in [2.75, 3.05) is 0 Å². The zero-order valence-electron chi connectivity index (χ0n) is 6.85. The van der Waals surface area contributed by atoms with Gasteiger partial charge in [0.15, 0.2) is 0 Å². The van der Waals surface area contributed by atoms with E-state index < -0.39 is 0 Å². The molecule has 0 unspecified atom stereocenters. The summed E-state index contributed by atoms with van der Waals surface area (Å²) in [6.45, 7) is 0. The summed E-state index contributed by atoms with van der Waals surface area (Å²) in [6, 6.07) is 4.63. The predicted molar refractivity (Wildman–Crippen MR) is 55.1 cm³/mol. The first-order valence-corrected chi connectivity index (χ1v) is 4.29. The van der Waals surface area contributed by atoms with Gasteiger partial charge in [-0.05, 0) is 18.2 Å². The number of nitrogens with zero attached hydrogens (tertiary/aromatic N) is 2. The summed E-state index contributed by atoms with van der Waals surface area (Å²) >= 11 is 11.5. The lowest BCUT2D eigenvalue weighted by Crippen LogP contribution is -2.03. The van der Waals surface area contributed by atoms with Gasteiger partial charge in [0.05, 0.1) is 11.2 Å². The first kappa shape index (κ1) is 10.8. The maximum absolute atomic E-state index is 8.60. The number of hydrogen-bond donors (Lipinski definition) is 2. The third-order valence-electron chi connectivity index (χ3n) is 1.49. The molecule has 0 fully saturated rings. The molecular formula is C8H6Cl2N2O2. The summed E-state index contributed by atoms with van der Waals surface area (Å²) in [7, 11) is 0. The molecule has 0 bridgehead atoms. The van der Waals surface area contributed by atoms with Gasteiger partial charge in [-0.2, -0.15) is 0 Å². The van der Waals surface area contributed by atoms with Crippen molar-refractivity contribution in [1.29, 1.82) is 0 Å². The number of halogens is 2. The Hall–Kier alpha value is -1.26. The Balaban J connectivity index is 3.18. The van der Waals surface area contributed by atoms with Gasteiger partial charge in [-0.3, -0.25) is 0 Å². The van der Waals surface area contributed by atoms with Gasteiger partial charge >= 0.3 is 0 Å². The van der Waals surface area contributed by atoms with Crippen molar-refractivity contribution in [3.05, 3.63) is 33.8 Å². The first-order valence-electron chi connectivity index (χ1n) is 3.54. The highest BCUT2D eigenvalue weighted by Gasteiger charge is 2.07. The van der Waals surface area contributed by atoms with Crippen LogP contribution in [0.4, 0.5) is 0 Å². The monoisotopic (exact) mass is 232 g/mol. The molecule has 14 heavy (non-hydrogen) atoms. The van der Waals surface area contributed by atoms with E-state index in [2.05, 4.69) is 10.3 Å². The summed E-state index contributed by atoms with van der Waals surface area (Å²) in [4.78, 5) is 0. The van der Waals surface area contributed by atoms with E-state index in [0.29, 0.717) is 15.6 Å². The van der Waals surface area contributed by atoms with Crippen molar-refractivity contribution < 1.29 is 10.4 Å². The van der Waals surface area contributed by atoms with E-state index in [1.807, 2.05) is 0 Å². The van der Waals surface area contributed by atoms with E-state index >= 15 is 0 Å². The summed E-state index contributed by atoms with van der Waals surface area (Å²) in [5.74, 6) is 0. The maximum Gasteiger partial charge on any atom is 0.132 e. The Bertz CT molecular complexity index is 391. The summed E-state index contributed by atoms with van der Waals surface area (Å²) in [5, 5.41) is 23.3. The van der Waals surface area contributed by atoms with Crippen molar-refractivity contribution in [2.45, 2.75) is 0 Å². The molecule has 0 aliphatic carbocycles. The molecule has 0 radical (unpaired) electrons. The molecular weight excluding hydrogens is 227 g/mol. The summed E-state index contributed by atoms with van der Waals surface area (Å²) in [6.07, 6.45) is 0.967. The highest BCUT2D eigenvalue weighted by Crippen LogP contribution is 2.21. The molecule has 0 spiro atoms. The highest BCUT2D eigenvalue weighted by atomic mass is 35.5. The minimum absolute atomic E-state index is 0.0502. The molecule has 0 heterocycles. The van der Waals surface area contributed by atoms with Crippen LogP contribution in [0.3, 0.4) is 0 Å². The second kappa shape index (κ2) is 4.83. The standard InChI is InChI=1S/C8H6Cl2N2O2/c9-5-1-2-6(7(10)3-5)8(12-14)4-11-13/h1-4,13-14H/b11-4+,12-8-. The highest BCUT2D eigenvalue weighted by molar-refractivity contribution is 6.44. The molecule has 4 nitrogen and oxygen atoms in total. The molecule has 0 saturated heterocycles. The van der Waals surface area contributed by atoms with Crippen LogP contribution in [0.5, 0.6) is 0 Å².